The zero-order chi connectivity index (χ0) is 19.3. The molecular formula is C19H19FN2O4. The van der Waals surface area contributed by atoms with Crippen LogP contribution < -0.4 is 10.6 Å². The highest BCUT2D eigenvalue weighted by Gasteiger charge is 2.19. The zero-order valence-corrected chi connectivity index (χ0v) is 14.6. The molecule has 0 saturated heterocycles. The molecule has 0 aliphatic rings. The van der Waals surface area contributed by atoms with Crippen molar-refractivity contribution in [2.45, 2.75) is 26.4 Å². The molecule has 26 heavy (non-hydrogen) atoms. The average molecular weight is 358 g/mol. The van der Waals surface area contributed by atoms with Gasteiger partial charge in [0.05, 0.1) is 5.56 Å². The van der Waals surface area contributed by atoms with E-state index in [1.807, 2.05) is 0 Å². The van der Waals surface area contributed by atoms with Crippen molar-refractivity contribution in [3.8, 4) is 0 Å². The molecule has 0 atom stereocenters. The first-order valence-corrected chi connectivity index (χ1v) is 7.86. The number of benzene rings is 2. The number of imide groups is 1. The Kier molecular flexibility index (Phi) is 5.71. The van der Waals surface area contributed by atoms with Crippen molar-refractivity contribution in [1.82, 2.24) is 5.32 Å². The predicted octanol–water partition coefficient (Wildman–Crippen LogP) is 3.74. The number of hydrogen-bond acceptors (Lipinski definition) is 4. The quantitative estimate of drug-likeness (QED) is 0.875. The van der Waals surface area contributed by atoms with E-state index in [-0.39, 0.29) is 11.1 Å². The van der Waals surface area contributed by atoms with Gasteiger partial charge in [0.25, 0.3) is 11.8 Å². The lowest BCUT2D eigenvalue weighted by Gasteiger charge is -2.19. The number of carbonyl (C=O) groups is 3. The summed E-state index contributed by atoms with van der Waals surface area (Å²) in [6.45, 7) is 5.05. The van der Waals surface area contributed by atoms with E-state index < -0.39 is 29.3 Å². The number of ether oxygens (including phenoxy) is 1. The minimum absolute atomic E-state index is 0.0840. The fraction of sp³-hybridized carbons (Fsp3) is 0.211. The highest BCUT2D eigenvalue weighted by Crippen LogP contribution is 2.14. The van der Waals surface area contributed by atoms with Crippen molar-refractivity contribution in [2.24, 2.45) is 0 Å². The van der Waals surface area contributed by atoms with Gasteiger partial charge in [0, 0.05) is 11.3 Å². The van der Waals surface area contributed by atoms with Crippen LogP contribution >= 0.6 is 0 Å². The summed E-state index contributed by atoms with van der Waals surface area (Å²) in [5, 5.41) is 4.64. The number of nitrogens with one attached hydrogen (secondary N) is 2. The molecule has 2 aromatic rings. The Morgan fingerprint density at radius 1 is 0.923 bits per heavy atom. The van der Waals surface area contributed by atoms with Crippen LogP contribution in [0.3, 0.4) is 0 Å². The Bertz CT molecular complexity index is 826. The fourth-order valence-corrected chi connectivity index (χ4v) is 2.02. The van der Waals surface area contributed by atoms with Gasteiger partial charge in [0.2, 0.25) is 0 Å². The molecule has 0 heterocycles. The minimum Gasteiger partial charge on any atom is -0.444 e. The minimum atomic E-state index is -0.848. The molecule has 0 fully saturated rings. The Morgan fingerprint density at radius 2 is 1.54 bits per heavy atom. The highest BCUT2D eigenvalue weighted by atomic mass is 19.1. The molecule has 0 aliphatic heterocycles. The van der Waals surface area contributed by atoms with E-state index in [0.29, 0.717) is 5.69 Å². The first-order valence-electron chi connectivity index (χ1n) is 7.86. The second-order valence-electron chi connectivity index (χ2n) is 6.47. The van der Waals surface area contributed by atoms with Gasteiger partial charge in [0.15, 0.2) is 0 Å². The van der Waals surface area contributed by atoms with Crippen LogP contribution in [-0.4, -0.2) is 23.5 Å². The number of amides is 3. The van der Waals surface area contributed by atoms with E-state index in [2.05, 4.69) is 10.6 Å². The summed E-state index contributed by atoms with van der Waals surface area (Å²) in [5.41, 5.74) is -0.211. The van der Waals surface area contributed by atoms with E-state index in [4.69, 9.17) is 4.74 Å². The third kappa shape index (κ3) is 5.41. The summed E-state index contributed by atoms with van der Waals surface area (Å²) < 4.78 is 18.6. The number of carbonyl (C=O) groups excluding carboxylic acids is 3. The van der Waals surface area contributed by atoms with Crippen LogP contribution in [0.15, 0.2) is 48.5 Å². The summed E-state index contributed by atoms with van der Waals surface area (Å²) in [5.74, 6) is -1.86. The lowest BCUT2D eigenvalue weighted by Crippen LogP contribution is -2.36. The Hall–Kier alpha value is -3.22. The molecule has 6 nitrogen and oxygen atoms in total. The van der Waals surface area contributed by atoms with Crippen molar-refractivity contribution in [3.63, 3.8) is 0 Å². The number of alkyl carbamates (subject to hydrolysis) is 1. The van der Waals surface area contributed by atoms with Gasteiger partial charge in [-0.3, -0.25) is 14.9 Å². The molecule has 2 N–H and O–H groups in total. The standard InChI is InChI=1S/C19H19FN2O4/c1-19(2,3)26-18(25)22-16(23)12-8-10-13(11-9-12)21-17(24)14-6-4-5-7-15(14)20/h4-11H,1-3H3,(H,21,24)(H,22,23,25). The van der Waals surface area contributed by atoms with Gasteiger partial charge < -0.3 is 10.1 Å². The molecule has 0 saturated carbocycles. The number of halogens is 1. The lowest BCUT2D eigenvalue weighted by molar-refractivity contribution is 0.0508. The van der Waals surface area contributed by atoms with Crippen molar-refractivity contribution >= 4 is 23.6 Å². The van der Waals surface area contributed by atoms with Gasteiger partial charge in [-0.1, -0.05) is 12.1 Å². The Labute approximate surface area is 150 Å². The third-order valence-corrected chi connectivity index (χ3v) is 3.14. The summed E-state index contributed by atoms with van der Waals surface area (Å²) in [4.78, 5) is 35.6. The molecule has 0 spiro atoms. The molecule has 136 valence electrons. The molecule has 7 heteroatoms. The third-order valence-electron chi connectivity index (χ3n) is 3.14. The molecule has 3 amide bonds. The van der Waals surface area contributed by atoms with Crippen molar-refractivity contribution in [3.05, 3.63) is 65.5 Å². The van der Waals surface area contributed by atoms with E-state index >= 15 is 0 Å². The smallest absolute Gasteiger partial charge is 0.414 e. The molecule has 0 aromatic heterocycles. The van der Waals surface area contributed by atoms with Crippen LogP contribution in [0.2, 0.25) is 0 Å². The monoisotopic (exact) mass is 358 g/mol. The van der Waals surface area contributed by atoms with Gasteiger partial charge >= 0.3 is 6.09 Å². The maximum Gasteiger partial charge on any atom is 0.414 e. The molecular weight excluding hydrogens is 339 g/mol. The van der Waals surface area contributed by atoms with Crippen LogP contribution in [0, 0.1) is 5.82 Å². The molecule has 2 rings (SSSR count). The van der Waals surface area contributed by atoms with Gasteiger partial charge in [-0.05, 0) is 57.2 Å². The fourth-order valence-electron chi connectivity index (χ4n) is 2.02. The molecule has 2 aromatic carbocycles. The van der Waals surface area contributed by atoms with E-state index in [1.165, 1.54) is 42.5 Å². The van der Waals surface area contributed by atoms with Crippen LogP contribution in [0.1, 0.15) is 41.5 Å². The van der Waals surface area contributed by atoms with Crippen LogP contribution in [0.5, 0.6) is 0 Å². The molecule has 0 unspecified atom stereocenters. The molecule has 0 aliphatic carbocycles. The largest absolute Gasteiger partial charge is 0.444 e. The van der Waals surface area contributed by atoms with Gasteiger partial charge in [-0.25, -0.2) is 9.18 Å². The Morgan fingerprint density at radius 3 is 2.12 bits per heavy atom. The van der Waals surface area contributed by atoms with Gasteiger partial charge in [-0.2, -0.15) is 0 Å². The van der Waals surface area contributed by atoms with Crippen LogP contribution in [-0.2, 0) is 4.74 Å². The van der Waals surface area contributed by atoms with Crippen molar-refractivity contribution < 1.29 is 23.5 Å². The highest BCUT2D eigenvalue weighted by molar-refractivity contribution is 6.05. The van der Waals surface area contributed by atoms with E-state index in [0.717, 1.165) is 0 Å². The zero-order valence-electron chi connectivity index (χ0n) is 14.6. The summed E-state index contributed by atoms with van der Waals surface area (Å²) >= 11 is 0. The maximum atomic E-state index is 13.6. The molecule has 0 radical (unpaired) electrons. The second-order valence-corrected chi connectivity index (χ2v) is 6.47. The summed E-state index contributed by atoms with van der Waals surface area (Å²) in [6, 6.07) is 11.4. The summed E-state index contributed by atoms with van der Waals surface area (Å²) in [7, 11) is 0. The van der Waals surface area contributed by atoms with Crippen LogP contribution in [0.4, 0.5) is 14.9 Å². The van der Waals surface area contributed by atoms with E-state index in [9.17, 15) is 18.8 Å². The summed E-state index contributed by atoms with van der Waals surface area (Å²) in [6.07, 6.45) is -0.848. The van der Waals surface area contributed by atoms with Gasteiger partial charge in [-0.15, -0.1) is 0 Å². The van der Waals surface area contributed by atoms with Gasteiger partial charge in [0.1, 0.15) is 11.4 Å². The maximum absolute atomic E-state index is 13.6. The number of hydrogen-bond donors (Lipinski definition) is 2. The normalized spacial score (nSPS) is 10.8. The van der Waals surface area contributed by atoms with Crippen LogP contribution in [0.25, 0.3) is 0 Å². The van der Waals surface area contributed by atoms with E-state index in [1.54, 1.807) is 26.8 Å². The molecule has 0 bridgehead atoms. The lowest BCUT2D eigenvalue weighted by atomic mass is 10.1. The second kappa shape index (κ2) is 7.77. The first-order chi connectivity index (χ1) is 12.2. The average Bonchev–Trinajstić information content (AvgIpc) is 2.53. The first kappa shape index (κ1) is 19.1. The SMILES string of the molecule is CC(C)(C)OC(=O)NC(=O)c1ccc(NC(=O)c2ccccc2F)cc1. The topological polar surface area (TPSA) is 84.5 Å². The number of rotatable bonds is 3. The Balaban J connectivity index is 2.00. The van der Waals surface area contributed by atoms with Crippen molar-refractivity contribution in [2.75, 3.05) is 5.32 Å². The number of anilines is 1. The van der Waals surface area contributed by atoms with Crippen molar-refractivity contribution in [1.29, 1.82) is 0 Å². The predicted molar refractivity (Wildman–Crippen MR) is 94.5 cm³/mol.